The molecule has 30 heavy (non-hydrogen) atoms. The van der Waals surface area contributed by atoms with Crippen LogP contribution >= 0.6 is 0 Å². The van der Waals surface area contributed by atoms with Crippen LogP contribution in [0.2, 0.25) is 0 Å². The van der Waals surface area contributed by atoms with E-state index in [1.165, 1.54) is 5.56 Å². The zero-order chi connectivity index (χ0) is 21.3. The van der Waals surface area contributed by atoms with Crippen LogP contribution in [0.1, 0.15) is 30.5 Å². The Labute approximate surface area is 179 Å². The molecule has 0 unspecified atom stereocenters. The Bertz CT molecular complexity index is 937. The summed E-state index contributed by atoms with van der Waals surface area (Å²) in [5, 5.41) is 3.01. The summed E-state index contributed by atoms with van der Waals surface area (Å²) in [6, 6.07) is 25.8. The molecule has 3 rings (SSSR count). The molecule has 0 atom stereocenters. The largest absolute Gasteiger partial charge is 0.489 e. The molecular formula is C26H30N2O2. The molecule has 3 aromatic rings. The summed E-state index contributed by atoms with van der Waals surface area (Å²) in [4.78, 5) is 14.8. The third kappa shape index (κ3) is 6.66. The van der Waals surface area contributed by atoms with Gasteiger partial charge in [0.15, 0.2) is 0 Å². The third-order valence-corrected chi connectivity index (χ3v) is 4.70. The van der Waals surface area contributed by atoms with E-state index in [1.807, 2.05) is 90.7 Å². The molecule has 2 amide bonds. The van der Waals surface area contributed by atoms with Gasteiger partial charge in [0.25, 0.3) is 0 Å². The van der Waals surface area contributed by atoms with Crippen molar-refractivity contribution in [2.24, 2.45) is 5.92 Å². The molecule has 0 bridgehead atoms. The summed E-state index contributed by atoms with van der Waals surface area (Å²) in [5.41, 5.74) is 4.14. The Morgan fingerprint density at radius 1 is 0.933 bits per heavy atom. The number of rotatable bonds is 8. The highest BCUT2D eigenvalue weighted by Gasteiger charge is 2.16. The van der Waals surface area contributed by atoms with E-state index in [4.69, 9.17) is 4.74 Å². The van der Waals surface area contributed by atoms with Crippen molar-refractivity contribution in [1.82, 2.24) is 4.90 Å². The van der Waals surface area contributed by atoms with Crippen LogP contribution in [-0.4, -0.2) is 17.5 Å². The van der Waals surface area contributed by atoms with Crippen molar-refractivity contribution in [3.8, 4) is 5.75 Å². The van der Waals surface area contributed by atoms with Crippen LogP contribution in [0.3, 0.4) is 0 Å². The van der Waals surface area contributed by atoms with E-state index in [0.29, 0.717) is 25.6 Å². The smallest absolute Gasteiger partial charge is 0.322 e. The van der Waals surface area contributed by atoms with Gasteiger partial charge in [0.1, 0.15) is 12.4 Å². The van der Waals surface area contributed by atoms with Crippen LogP contribution in [0, 0.1) is 12.8 Å². The van der Waals surface area contributed by atoms with Gasteiger partial charge in [-0.2, -0.15) is 0 Å². The zero-order valence-corrected chi connectivity index (χ0v) is 18.0. The average molecular weight is 403 g/mol. The molecule has 0 saturated carbocycles. The molecule has 156 valence electrons. The molecule has 0 aliphatic rings. The van der Waals surface area contributed by atoms with Gasteiger partial charge in [0, 0.05) is 18.8 Å². The highest BCUT2D eigenvalue weighted by atomic mass is 16.5. The first-order valence-corrected chi connectivity index (χ1v) is 10.4. The molecule has 0 aromatic heterocycles. The molecule has 0 aliphatic carbocycles. The lowest BCUT2D eigenvalue weighted by Crippen LogP contribution is -2.37. The van der Waals surface area contributed by atoms with Crippen molar-refractivity contribution >= 4 is 11.7 Å². The second kappa shape index (κ2) is 10.5. The highest BCUT2D eigenvalue weighted by molar-refractivity contribution is 5.89. The maximum Gasteiger partial charge on any atom is 0.322 e. The molecular weight excluding hydrogens is 372 g/mol. The minimum atomic E-state index is -0.0943. The topological polar surface area (TPSA) is 41.6 Å². The van der Waals surface area contributed by atoms with Gasteiger partial charge < -0.3 is 15.0 Å². The SMILES string of the molecule is Cc1ccc(NC(=O)N(Cc2cccc(OCc3ccccc3)c2)CC(C)C)cc1. The van der Waals surface area contributed by atoms with Crippen LogP contribution in [0.4, 0.5) is 10.5 Å². The highest BCUT2D eigenvalue weighted by Crippen LogP contribution is 2.18. The summed E-state index contributed by atoms with van der Waals surface area (Å²) in [6.45, 7) is 7.99. The van der Waals surface area contributed by atoms with Gasteiger partial charge >= 0.3 is 6.03 Å². The predicted molar refractivity (Wildman–Crippen MR) is 123 cm³/mol. The summed E-state index contributed by atoms with van der Waals surface area (Å²) >= 11 is 0. The lowest BCUT2D eigenvalue weighted by molar-refractivity contribution is 0.201. The van der Waals surface area contributed by atoms with Crippen LogP contribution in [0.25, 0.3) is 0 Å². The minimum Gasteiger partial charge on any atom is -0.489 e. The molecule has 0 aliphatic heterocycles. The Kier molecular flexibility index (Phi) is 7.50. The van der Waals surface area contributed by atoms with Gasteiger partial charge in [-0.25, -0.2) is 4.79 Å². The van der Waals surface area contributed by atoms with Gasteiger partial charge in [-0.05, 0) is 48.2 Å². The van der Waals surface area contributed by atoms with Crippen molar-refractivity contribution in [2.45, 2.75) is 33.9 Å². The standard InChI is InChI=1S/C26H30N2O2/c1-20(2)17-28(26(29)27-24-14-12-21(3)13-15-24)18-23-10-7-11-25(16-23)30-19-22-8-5-4-6-9-22/h4-16,20H,17-19H2,1-3H3,(H,27,29). The number of ether oxygens (including phenoxy) is 1. The fourth-order valence-corrected chi connectivity index (χ4v) is 3.19. The van der Waals surface area contributed by atoms with E-state index in [-0.39, 0.29) is 6.03 Å². The van der Waals surface area contributed by atoms with Crippen LogP contribution in [-0.2, 0) is 13.2 Å². The number of nitrogens with one attached hydrogen (secondary N) is 1. The maximum absolute atomic E-state index is 12.9. The maximum atomic E-state index is 12.9. The van der Waals surface area contributed by atoms with E-state index < -0.39 is 0 Å². The van der Waals surface area contributed by atoms with E-state index in [2.05, 4.69) is 19.2 Å². The first-order chi connectivity index (χ1) is 14.5. The number of amides is 2. The quantitative estimate of drug-likeness (QED) is 0.483. The van der Waals surface area contributed by atoms with Gasteiger partial charge in [-0.3, -0.25) is 0 Å². The number of urea groups is 1. The van der Waals surface area contributed by atoms with Crippen LogP contribution in [0.15, 0.2) is 78.9 Å². The second-order valence-corrected chi connectivity index (χ2v) is 7.99. The van der Waals surface area contributed by atoms with Crippen LogP contribution in [0.5, 0.6) is 5.75 Å². The molecule has 0 saturated heterocycles. The monoisotopic (exact) mass is 402 g/mol. The average Bonchev–Trinajstić information content (AvgIpc) is 2.74. The summed E-state index contributed by atoms with van der Waals surface area (Å²) in [6.07, 6.45) is 0. The van der Waals surface area contributed by atoms with Crippen molar-refractivity contribution in [3.63, 3.8) is 0 Å². The molecule has 1 N–H and O–H groups in total. The van der Waals surface area contributed by atoms with E-state index >= 15 is 0 Å². The Balaban J connectivity index is 1.66. The Hall–Kier alpha value is -3.27. The van der Waals surface area contributed by atoms with E-state index in [9.17, 15) is 4.79 Å². The number of carbonyl (C=O) groups is 1. The number of hydrogen-bond acceptors (Lipinski definition) is 2. The summed E-state index contributed by atoms with van der Waals surface area (Å²) < 4.78 is 5.94. The fraction of sp³-hybridized carbons (Fsp3) is 0.269. The number of benzene rings is 3. The molecule has 4 nitrogen and oxygen atoms in total. The van der Waals surface area contributed by atoms with Crippen LogP contribution < -0.4 is 10.1 Å². The van der Waals surface area contributed by atoms with Gasteiger partial charge in [0.2, 0.25) is 0 Å². The zero-order valence-electron chi connectivity index (χ0n) is 18.0. The first-order valence-electron chi connectivity index (χ1n) is 10.4. The number of nitrogens with zero attached hydrogens (tertiary/aromatic N) is 1. The first kappa shape index (κ1) is 21.4. The van der Waals surface area contributed by atoms with Crippen molar-refractivity contribution in [3.05, 3.63) is 95.6 Å². The number of carbonyl (C=O) groups excluding carboxylic acids is 1. The van der Waals surface area contributed by atoms with Gasteiger partial charge in [-0.1, -0.05) is 74.0 Å². The van der Waals surface area contributed by atoms with Crippen molar-refractivity contribution in [1.29, 1.82) is 0 Å². The molecule has 0 radical (unpaired) electrons. The minimum absolute atomic E-state index is 0.0943. The number of anilines is 1. The molecule has 3 aromatic carbocycles. The Morgan fingerprint density at radius 2 is 1.63 bits per heavy atom. The van der Waals surface area contributed by atoms with E-state index in [1.54, 1.807) is 0 Å². The number of hydrogen-bond donors (Lipinski definition) is 1. The van der Waals surface area contributed by atoms with E-state index in [0.717, 1.165) is 22.6 Å². The number of aryl methyl sites for hydroxylation is 1. The fourth-order valence-electron chi connectivity index (χ4n) is 3.19. The molecule has 0 heterocycles. The normalized spacial score (nSPS) is 10.7. The third-order valence-electron chi connectivity index (χ3n) is 4.70. The molecule has 4 heteroatoms. The lowest BCUT2D eigenvalue weighted by Gasteiger charge is -2.25. The second-order valence-electron chi connectivity index (χ2n) is 7.99. The molecule has 0 spiro atoms. The molecule has 0 fully saturated rings. The van der Waals surface area contributed by atoms with Gasteiger partial charge in [0.05, 0.1) is 0 Å². The lowest BCUT2D eigenvalue weighted by atomic mass is 10.1. The Morgan fingerprint density at radius 3 is 2.33 bits per heavy atom. The van der Waals surface area contributed by atoms with Crippen molar-refractivity contribution in [2.75, 3.05) is 11.9 Å². The summed E-state index contributed by atoms with van der Waals surface area (Å²) in [5.74, 6) is 1.17. The van der Waals surface area contributed by atoms with Crippen molar-refractivity contribution < 1.29 is 9.53 Å². The van der Waals surface area contributed by atoms with Gasteiger partial charge in [-0.15, -0.1) is 0 Å². The summed E-state index contributed by atoms with van der Waals surface area (Å²) in [7, 11) is 0. The predicted octanol–water partition coefficient (Wildman–Crippen LogP) is 6.26.